The van der Waals surface area contributed by atoms with Crippen molar-refractivity contribution in [2.45, 2.75) is 51.5 Å². The topological polar surface area (TPSA) is 79.6 Å². The second-order valence-corrected chi connectivity index (χ2v) is 7.06. The Labute approximate surface area is 148 Å². The summed E-state index contributed by atoms with van der Waals surface area (Å²) in [6.07, 6.45) is 8.05. The maximum atomic E-state index is 12.0. The number of carbonyl (C=O) groups excluding carboxylic acids is 1. The minimum atomic E-state index is -0.364. The van der Waals surface area contributed by atoms with E-state index in [1.807, 2.05) is 4.90 Å². The smallest absolute Gasteiger partial charge is 0.311 e. The van der Waals surface area contributed by atoms with Crippen LogP contribution in [0.1, 0.15) is 45.4 Å². The molecule has 1 unspecified atom stereocenters. The van der Waals surface area contributed by atoms with Crippen LogP contribution >= 0.6 is 0 Å². The Kier molecular flexibility index (Phi) is 5.50. The summed E-state index contributed by atoms with van der Waals surface area (Å²) in [6.45, 7) is 4.05. The summed E-state index contributed by atoms with van der Waals surface area (Å²) in [5.74, 6) is 1.12. The van der Waals surface area contributed by atoms with Crippen LogP contribution in [-0.2, 0) is 4.79 Å². The Morgan fingerprint density at radius 3 is 2.64 bits per heavy atom. The first-order valence-corrected chi connectivity index (χ1v) is 9.19. The first-order valence-electron chi connectivity index (χ1n) is 9.19. The van der Waals surface area contributed by atoms with Crippen LogP contribution in [0.15, 0.2) is 18.3 Å². The number of nitro groups is 1. The van der Waals surface area contributed by atoms with E-state index in [4.69, 9.17) is 0 Å². The molecule has 0 spiro atoms. The summed E-state index contributed by atoms with van der Waals surface area (Å²) in [5.41, 5.74) is 0.0702. The summed E-state index contributed by atoms with van der Waals surface area (Å²) in [5, 5.41) is 11.2. The van der Waals surface area contributed by atoms with E-state index in [1.165, 1.54) is 18.9 Å². The lowest BCUT2D eigenvalue weighted by atomic mass is 9.86. The molecule has 1 atom stereocenters. The van der Waals surface area contributed by atoms with Crippen molar-refractivity contribution in [1.29, 1.82) is 0 Å². The molecule has 0 aliphatic carbocycles. The van der Waals surface area contributed by atoms with Gasteiger partial charge >= 0.3 is 5.69 Å². The molecule has 0 saturated carbocycles. The highest BCUT2D eigenvalue weighted by Gasteiger charge is 2.34. The number of nitrogens with zero attached hydrogens (tertiary/aromatic N) is 4. The fraction of sp³-hybridized carbons (Fsp3) is 0.667. The molecule has 2 aliphatic rings. The number of pyridine rings is 1. The standard InChI is InChI=1S/C18H26N4O3/c1-14(23)21-11-4-2-3-6-16(21)15-8-12-20(13-9-15)18-17(22(24)25)7-5-10-19-18/h5,7,10,15-16H,2-4,6,8-9,11-13H2,1H3. The molecule has 2 aliphatic heterocycles. The highest BCUT2D eigenvalue weighted by atomic mass is 16.6. The average Bonchev–Trinajstić information content (AvgIpc) is 2.88. The van der Waals surface area contributed by atoms with Crippen LogP contribution in [-0.4, -0.2) is 46.4 Å². The zero-order valence-electron chi connectivity index (χ0n) is 14.8. The van der Waals surface area contributed by atoms with Crippen molar-refractivity contribution in [3.8, 4) is 0 Å². The van der Waals surface area contributed by atoms with Crippen LogP contribution in [0.3, 0.4) is 0 Å². The van der Waals surface area contributed by atoms with Crippen molar-refractivity contribution < 1.29 is 9.72 Å². The van der Waals surface area contributed by atoms with Gasteiger partial charge in [0.1, 0.15) is 0 Å². The van der Waals surface area contributed by atoms with E-state index in [2.05, 4.69) is 9.88 Å². The van der Waals surface area contributed by atoms with Crippen molar-refractivity contribution in [3.05, 3.63) is 28.4 Å². The van der Waals surface area contributed by atoms with Crippen molar-refractivity contribution in [1.82, 2.24) is 9.88 Å². The highest BCUT2D eigenvalue weighted by Crippen LogP contribution is 2.33. The van der Waals surface area contributed by atoms with Gasteiger partial charge < -0.3 is 9.80 Å². The molecule has 7 heteroatoms. The van der Waals surface area contributed by atoms with E-state index >= 15 is 0 Å². The zero-order valence-corrected chi connectivity index (χ0v) is 14.8. The van der Waals surface area contributed by atoms with Crippen molar-refractivity contribution in [2.75, 3.05) is 24.5 Å². The monoisotopic (exact) mass is 346 g/mol. The largest absolute Gasteiger partial charge is 0.351 e. The lowest BCUT2D eigenvalue weighted by Crippen LogP contribution is -2.47. The van der Waals surface area contributed by atoms with E-state index in [0.29, 0.717) is 17.8 Å². The van der Waals surface area contributed by atoms with Crippen LogP contribution < -0.4 is 4.90 Å². The van der Waals surface area contributed by atoms with Crippen LogP contribution in [0.2, 0.25) is 0 Å². The van der Waals surface area contributed by atoms with Crippen LogP contribution in [0.5, 0.6) is 0 Å². The Balaban J connectivity index is 1.69. The van der Waals surface area contributed by atoms with Gasteiger partial charge in [-0.15, -0.1) is 0 Å². The van der Waals surface area contributed by atoms with Gasteiger partial charge in [-0.2, -0.15) is 0 Å². The number of likely N-dealkylation sites (tertiary alicyclic amines) is 1. The summed E-state index contributed by atoms with van der Waals surface area (Å²) in [4.78, 5) is 31.2. The van der Waals surface area contributed by atoms with Gasteiger partial charge in [0, 0.05) is 44.9 Å². The summed E-state index contributed by atoms with van der Waals surface area (Å²) < 4.78 is 0. The minimum absolute atomic E-state index is 0.0702. The Morgan fingerprint density at radius 2 is 1.96 bits per heavy atom. The molecule has 0 bridgehead atoms. The third-order valence-corrected chi connectivity index (χ3v) is 5.55. The summed E-state index contributed by atoms with van der Waals surface area (Å²) in [6, 6.07) is 3.43. The third-order valence-electron chi connectivity index (χ3n) is 5.55. The van der Waals surface area contributed by atoms with E-state index < -0.39 is 0 Å². The number of piperidine rings is 1. The van der Waals surface area contributed by atoms with Gasteiger partial charge in [0.2, 0.25) is 11.7 Å². The van der Waals surface area contributed by atoms with E-state index in [1.54, 1.807) is 19.2 Å². The summed E-state index contributed by atoms with van der Waals surface area (Å²) >= 11 is 0. The van der Waals surface area contributed by atoms with Crippen LogP contribution in [0.4, 0.5) is 11.5 Å². The minimum Gasteiger partial charge on any atom is -0.351 e. The number of carbonyl (C=O) groups is 1. The van der Waals surface area contributed by atoms with Gasteiger partial charge in [-0.1, -0.05) is 12.8 Å². The fourth-order valence-corrected chi connectivity index (χ4v) is 4.29. The molecule has 3 heterocycles. The normalized spacial score (nSPS) is 22.5. The fourth-order valence-electron chi connectivity index (χ4n) is 4.29. The van der Waals surface area contributed by atoms with Gasteiger partial charge in [-0.25, -0.2) is 4.98 Å². The molecule has 0 aromatic carbocycles. The van der Waals surface area contributed by atoms with Crippen molar-refractivity contribution in [2.24, 2.45) is 5.92 Å². The SMILES string of the molecule is CC(=O)N1CCCCCC1C1CCN(c2ncccc2[N+](=O)[O-])CC1. The number of amides is 1. The lowest BCUT2D eigenvalue weighted by molar-refractivity contribution is -0.384. The number of rotatable bonds is 3. The second kappa shape index (κ2) is 7.80. The predicted octanol–water partition coefficient (Wildman–Crippen LogP) is 3.00. The van der Waals surface area contributed by atoms with Gasteiger partial charge in [-0.3, -0.25) is 14.9 Å². The highest BCUT2D eigenvalue weighted by molar-refractivity contribution is 5.73. The summed E-state index contributed by atoms with van der Waals surface area (Å²) in [7, 11) is 0. The third kappa shape index (κ3) is 3.91. The maximum Gasteiger partial charge on any atom is 0.311 e. The van der Waals surface area contributed by atoms with Crippen LogP contribution in [0, 0.1) is 16.0 Å². The molecule has 136 valence electrons. The molecular weight excluding hydrogens is 320 g/mol. The van der Waals surface area contributed by atoms with Gasteiger partial charge in [0.25, 0.3) is 0 Å². The quantitative estimate of drug-likeness (QED) is 0.621. The number of hydrogen-bond acceptors (Lipinski definition) is 5. The predicted molar refractivity (Wildman–Crippen MR) is 95.5 cm³/mol. The molecule has 1 aromatic rings. The van der Waals surface area contributed by atoms with Gasteiger partial charge in [-0.05, 0) is 37.7 Å². The molecule has 1 amide bonds. The first kappa shape index (κ1) is 17.6. The Morgan fingerprint density at radius 1 is 1.20 bits per heavy atom. The second-order valence-electron chi connectivity index (χ2n) is 7.06. The molecule has 3 rings (SSSR count). The van der Waals surface area contributed by atoms with E-state index in [0.717, 1.165) is 45.3 Å². The molecule has 1 aromatic heterocycles. The number of aromatic nitrogens is 1. The molecule has 0 N–H and O–H groups in total. The van der Waals surface area contributed by atoms with E-state index in [9.17, 15) is 14.9 Å². The lowest BCUT2D eigenvalue weighted by Gasteiger charge is -2.40. The zero-order chi connectivity index (χ0) is 17.8. The molecular formula is C18H26N4O3. The van der Waals surface area contributed by atoms with Gasteiger partial charge in [0.05, 0.1) is 4.92 Å². The molecule has 7 nitrogen and oxygen atoms in total. The average molecular weight is 346 g/mol. The maximum absolute atomic E-state index is 12.0. The number of hydrogen-bond donors (Lipinski definition) is 0. The van der Waals surface area contributed by atoms with E-state index in [-0.39, 0.29) is 16.5 Å². The number of anilines is 1. The Bertz CT molecular complexity index is 629. The van der Waals surface area contributed by atoms with Gasteiger partial charge in [0.15, 0.2) is 0 Å². The molecule has 0 radical (unpaired) electrons. The molecule has 25 heavy (non-hydrogen) atoms. The Hall–Kier alpha value is -2.18. The molecule has 2 fully saturated rings. The van der Waals surface area contributed by atoms with Crippen molar-refractivity contribution >= 4 is 17.4 Å². The molecule has 2 saturated heterocycles. The van der Waals surface area contributed by atoms with Crippen LogP contribution in [0.25, 0.3) is 0 Å². The van der Waals surface area contributed by atoms with Crippen molar-refractivity contribution in [3.63, 3.8) is 0 Å². The first-order chi connectivity index (χ1) is 12.1.